The molecular formula is C13H15ClO4. The fourth-order valence-corrected chi connectivity index (χ4v) is 1.26. The van der Waals surface area contributed by atoms with Gasteiger partial charge in [-0.3, -0.25) is 4.79 Å². The third-order valence-electron chi connectivity index (χ3n) is 2.19. The number of hydrogen-bond donors (Lipinski definition) is 0. The van der Waals surface area contributed by atoms with Gasteiger partial charge in [0, 0.05) is 5.92 Å². The Hall–Kier alpha value is -1.55. The average Bonchev–Trinajstić information content (AvgIpc) is 2.28. The standard InChI is InChI=1S/C13H15ClO4/c1-8(2)12(14)18-13(16)17-11-7-5-4-6-10(11)9(3)15/h4-8,12H,1-3H3. The van der Waals surface area contributed by atoms with Gasteiger partial charge in [0.25, 0.3) is 0 Å². The van der Waals surface area contributed by atoms with Crippen LogP contribution in [0.4, 0.5) is 4.79 Å². The number of benzene rings is 1. The molecule has 98 valence electrons. The van der Waals surface area contributed by atoms with Crippen molar-refractivity contribution in [1.82, 2.24) is 0 Å². The highest BCUT2D eigenvalue weighted by molar-refractivity contribution is 6.20. The fraction of sp³-hybridized carbons (Fsp3) is 0.385. The maximum atomic E-state index is 11.5. The maximum Gasteiger partial charge on any atom is 0.515 e. The van der Waals surface area contributed by atoms with Crippen molar-refractivity contribution >= 4 is 23.5 Å². The van der Waals surface area contributed by atoms with Crippen LogP contribution in [0.15, 0.2) is 24.3 Å². The molecule has 0 spiro atoms. The molecule has 1 unspecified atom stereocenters. The van der Waals surface area contributed by atoms with Gasteiger partial charge in [0.15, 0.2) is 11.3 Å². The summed E-state index contributed by atoms with van der Waals surface area (Å²) in [6.45, 7) is 5.02. The van der Waals surface area contributed by atoms with Gasteiger partial charge in [0.05, 0.1) is 5.56 Å². The monoisotopic (exact) mass is 270 g/mol. The number of ketones is 1. The van der Waals surface area contributed by atoms with Crippen LogP contribution in [0.25, 0.3) is 0 Å². The van der Waals surface area contributed by atoms with E-state index in [-0.39, 0.29) is 17.5 Å². The second-order valence-corrected chi connectivity index (χ2v) is 4.55. The van der Waals surface area contributed by atoms with Crippen LogP contribution in [0.3, 0.4) is 0 Å². The van der Waals surface area contributed by atoms with E-state index in [2.05, 4.69) is 0 Å². The molecule has 0 saturated carbocycles. The Kier molecular flexibility index (Phi) is 5.16. The summed E-state index contributed by atoms with van der Waals surface area (Å²) >= 11 is 5.79. The molecule has 0 bridgehead atoms. The minimum absolute atomic E-state index is 0.0257. The van der Waals surface area contributed by atoms with Gasteiger partial charge in [-0.05, 0) is 19.1 Å². The molecule has 0 amide bonds. The highest BCUT2D eigenvalue weighted by atomic mass is 35.5. The Labute approximate surface area is 111 Å². The van der Waals surface area contributed by atoms with E-state index in [0.29, 0.717) is 5.56 Å². The lowest BCUT2D eigenvalue weighted by atomic mass is 10.1. The van der Waals surface area contributed by atoms with Crippen molar-refractivity contribution in [3.63, 3.8) is 0 Å². The van der Waals surface area contributed by atoms with Gasteiger partial charge in [-0.25, -0.2) is 4.79 Å². The fourth-order valence-electron chi connectivity index (χ4n) is 1.19. The molecule has 0 fully saturated rings. The second kappa shape index (κ2) is 6.40. The Balaban J connectivity index is 2.73. The minimum atomic E-state index is -0.919. The van der Waals surface area contributed by atoms with Crippen LogP contribution >= 0.6 is 11.6 Å². The molecule has 1 rings (SSSR count). The molecule has 0 aliphatic carbocycles. The third kappa shape index (κ3) is 4.04. The lowest BCUT2D eigenvalue weighted by molar-refractivity contribution is 0.0721. The summed E-state index contributed by atoms with van der Waals surface area (Å²) in [5.74, 6) is -0.0467. The minimum Gasteiger partial charge on any atom is -0.414 e. The van der Waals surface area contributed by atoms with Gasteiger partial charge >= 0.3 is 6.16 Å². The van der Waals surface area contributed by atoms with Crippen LogP contribution in [0.5, 0.6) is 5.75 Å². The highest BCUT2D eigenvalue weighted by Gasteiger charge is 2.18. The summed E-state index contributed by atoms with van der Waals surface area (Å²) < 4.78 is 9.80. The van der Waals surface area contributed by atoms with E-state index >= 15 is 0 Å². The summed E-state index contributed by atoms with van der Waals surface area (Å²) in [7, 11) is 0. The molecule has 5 heteroatoms. The van der Waals surface area contributed by atoms with Crippen LogP contribution in [0.2, 0.25) is 0 Å². The SMILES string of the molecule is CC(=O)c1ccccc1OC(=O)OC(Cl)C(C)C. The average molecular weight is 271 g/mol. The second-order valence-electron chi connectivity index (χ2n) is 4.12. The Morgan fingerprint density at radius 1 is 1.22 bits per heavy atom. The zero-order chi connectivity index (χ0) is 13.7. The molecule has 0 aliphatic heterocycles. The van der Waals surface area contributed by atoms with Gasteiger partial charge in [0.2, 0.25) is 0 Å². The highest BCUT2D eigenvalue weighted by Crippen LogP contribution is 2.20. The molecule has 0 aliphatic rings. The molecule has 1 aromatic carbocycles. The Morgan fingerprint density at radius 3 is 2.39 bits per heavy atom. The summed E-state index contributed by atoms with van der Waals surface area (Å²) in [6.07, 6.45) is -0.919. The van der Waals surface area contributed by atoms with Crippen molar-refractivity contribution in [3.05, 3.63) is 29.8 Å². The van der Waals surface area contributed by atoms with E-state index < -0.39 is 11.7 Å². The predicted octanol–water partition coefficient (Wildman–Crippen LogP) is 3.63. The first kappa shape index (κ1) is 14.5. The van der Waals surface area contributed by atoms with E-state index in [1.54, 1.807) is 18.2 Å². The molecule has 0 saturated heterocycles. The third-order valence-corrected chi connectivity index (χ3v) is 2.79. The zero-order valence-corrected chi connectivity index (χ0v) is 11.2. The largest absolute Gasteiger partial charge is 0.515 e. The lowest BCUT2D eigenvalue weighted by Crippen LogP contribution is -2.21. The molecule has 0 N–H and O–H groups in total. The Bertz CT molecular complexity index is 442. The zero-order valence-electron chi connectivity index (χ0n) is 10.5. The first-order valence-corrected chi connectivity index (χ1v) is 5.98. The predicted molar refractivity (Wildman–Crippen MR) is 68.0 cm³/mol. The van der Waals surface area contributed by atoms with E-state index in [1.807, 2.05) is 13.8 Å². The molecular weight excluding hydrogens is 256 g/mol. The van der Waals surface area contributed by atoms with Gasteiger partial charge in [-0.1, -0.05) is 37.6 Å². The van der Waals surface area contributed by atoms with Crippen LogP contribution in [0, 0.1) is 5.92 Å². The van der Waals surface area contributed by atoms with Crippen LogP contribution < -0.4 is 4.74 Å². The van der Waals surface area contributed by atoms with Crippen LogP contribution in [0.1, 0.15) is 31.1 Å². The normalized spacial score (nSPS) is 12.1. The van der Waals surface area contributed by atoms with Crippen molar-refractivity contribution in [3.8, 4) is 5.75 Å². The molecule has 0 aromatic heterocycles. The Morgan fingerprint density at radius 2 is 1.83 bits per heavy atom. The number of Topliss-reactive ketones (excluding diaryl/α,β-unsaturated/α-hetero) is 1. The lowest BCUT2D eigenvalue weighted by Gasteiger charge is -2.14. The molecule has 4 nitrogen and oxygen atoms in total. The number of ether oxygens (including phenoxy) is 2. The van der Waals surface area contributed by atoms with Crippen LogP contribution in [-0.4, -0.2) is 17.5 Å². The van der Waals surface area contributed by atoms with Crippen LogP contribution in [-0.2, 0) is 4.74 Å². The van der Waals surface area contributed by atoms with Crippen molar-refractivity contribution < 1.29 is 19.1 Å². The summed E-state index contributed by atoms with van der Waals surface area (Å²) in [5, 5.41) is 0. The number of carbonyl (C=O) groups is 2. The molecule has 18 heavy (non-hydrogen) atoms. The van der Waals surface area contributed by atoms with E-state index in [0.717, 1.165) is 0 Å². The molecule has 0 radical (unpaired) electrons. The van der Waals surface area contributed by atoms with Crippen molar-refractivity contribution in [2.24, 2.45) is 5.92 Å². The number of para-hydroxylation sites is 1. The van der Waals surface area contributed by atoms with Gasteiger partial charge < -0.3 is 9.47 Å². The van der Waals surface area contributed by atoms with Gasteiger partial charge in [-0.2, -0.15) is 0 Å². The van der Waals surface area contributed by atoms with Crippen molar-refractivity contribution in [2.45, 2.75) is 26.3 Å². The number of halogens is 1. The molecule has 0 heterocycles. The summed E-state index contributed by atoms with van der Waals surface area (Å²) in [6, 6.07) is 6.45. The number of carbonyl (C=O) groups excluding carboxylic acids is 2. The van der Waals surface area contributed by atoms with Gasteiger partial charge in [-0.15, -0.1) is 0 Å². The number of rotatable bonds is 4. The number of alkyl halides is 1. The summed E-state index contributed by atoms with van der Waals surface area (Å²) in [5.41, 5.74) is -0.438. The topological polar surface area (TPSA) is 52.6 Å². The first-order chi connectivity index (χ1) is 8.41. The van der Waals surface area contributed by atoms with Gasteiger partial charge in [0.1, 0.15) is 5.75 Å². The maximum absolute atomic E-state index is 11.5. The molecule has 1 atom stereocenters. The van der Waals surface area contributed by atoms with E-state index in [9.17, 15) is 9.59 Å². The van der Waals surface area contributed by atoms with Crippen molar-refractivity contribution in [1.29, 1.82) is 0 Å². The first-order valence-electron chi connectivity index (χ1n) is 5.54. The smallest absolute Gasteiger partial charge is 0.414 e. The quantitative estimate of drug-likeness (QED) is 0.363. The molecule has 1 aromatic rings. The van der Waals surface area contributed by atoms with E-state index in [4.69, 9.17) is 21.1 Å². The van der Waals surface area contributed by atoms with E-state index in [1.165, 1.54) is 13.0 Å². The van der Waals surface area contributed by atoms with Crippen molar-refractivity contribution in [2.75, 3.05) is 0 Å². The summed E-state index contributed by atoms with van der Waals surface area (Å²) in [4.78, 5) is 22.8. The number of hydrogen-bond acceptors (Lipinski definition) is 4.